The molecule has 4 nitrogen and oxygen atoms in total. The average molecular weight is 263 g/mol. The van der Waals surface area contributed by atoms with Gasteiger partial charge in [0.25, 0.3) is 0 Å². The number of hydrogen-bond acceptors (Lipinski definition) is 2. The second kappa shape index (κ2) is 5.87. The Bertz CT molecular complexity index is 441. The van der Waals surface area contributed by atoms with Crippen molar-refractivity contribution in [1.29, 1.82) is 0 Å². The van der Waals surface area contributed by atoms with Crippen molar-refractivity contribution in [3.8, 4) is 0 Å². The zero-order valence-electron chi connectivity index (χ0n) is 11.9. The molecule has 4 heteroatoms. The monoisotopic (exact) mass is 263 g/mol. The van der Waals surface area contributed by atoms with Crippen molar-refractivity contribution >= 4 is 11.9 Å². The first-order valence-corrected chi connectivity index (χ1v) is 6.29. The summed E-state index contributed by atoms with van der Waals surface area (Å²) in [5.41, 5.74) is 2.04. The minimum absolute atomic E-state index is 0.0504. The number of carbonyl (C=O) groups is 2. The SMILES string of the molecule is CC(=O)N[C@H](CC(=O)O)c1ccc(C(C)(C)C)cc1. The van der Waals surface area contributed by atoms with Gasteiger partial charge in [-0.05, 0) is 16.5 Å². The van der Waals surface area contributed by atoms with Crippen LogP contribution < -0.4 is 5.32 Å². The van der Waals surface area contributed by atoms with Crippen LogP contribution in [0.4, 0.5) is 0 Å². The maximum Gasteiger partial charge on any atom is 0.305 e. The third kappa shape index (κ3) is 4.73. The van der Waals surface area contributed by atoms with Crippen LogP contribution in [-0.4, -0.2) is 17.0 Å². The molecule has 0 saturated carbocycles. The highest BCUT2D eigenvalue weighted by molar-refractivity contribution is 5.75. The van der Waals surface area contributed by atoms with Crippen molar-refractivity contribution in [2.24, 2.45) is 0 Å². The van der Waals surface area contributed by atoms with Gasteiger partial charge in [0.1, 0.15) is 0 Å². The third-order valence-corrected chi connectivity index (χ3v) is 2.94. The number of amides is 1. The van der Waals surface area contributed by atoms with E-state index in [1.807, 2.05) is 24.3 Å². The fourth-order valence-corrected chi connectivity index (χ4v) is 1.89. The highest BCUT2D eigenvalue weighted by Gasteiger charge is 2.18. The molecule has 104 valence electrons. The molecule has 19 heavy (non-hydrogen) atoms. The number of benzene rings is 1. The lowest BCUT2D eigenvalue weighted by Gasteiger charge is -2.21. The number of hydrogen-bond donors (Lipinski definition) is 2. The minimum atomic E-state index is -0.932. The van der Waals surface area contributed by atoms with Gasteiger partial charge in [0.15, 0.2) is 0 Å². The third-order valence-electron chi connectivity index (χ3n) is 2.94. The van der Waals surface area contributed by atoms with Gasteiger partial charge in [0.2, 0.25) is 5.91 Å². The zero-order chi connectivity index (χ0) is 14.6. The van der Waals surface area contributed by atoms with Crippen LogP contribution in [-0.2, 0) is 15.0 Å². The number of carbonyl (C=O) groups excluding carboxylic acids is 1. The Kier molecular flexibility index (Phi) is 4.70. The lowest BCUT2D eigenvalue weighted by atomic mass is 9.86. The topological polar surface area (TPSA) is 66.4 Å². The van der Waals surface area contributed by atoms with E-state index < -0.39 is 12.0 Å². The molecule has 1 aromatic carbocycles. The van der Waals surface area contributed by atoms with E-state index in [-0.39, 0.29) is 17.7 Å². The van der Waals surface area contributed by atoms with Crippen LogP contribution in [0.5, 0.6) is 0 Å². The van der Waals surface area contributed by atoms with Gasteiger partial charge in [0.05, 0.1) is 12.5 Å². The molecule has 0 fully saturated rings. The van der Waals surface area contributed by atoms with Gasteiger partial charge in [-0.2, -0.15) is 0 Å². The zero-order valence-corrected chi connectivity index (χ0v) is 11.9. The molecule has 0 bridgehead atoms. The Hall–Kier alpha value is -1.84. The molecule has 0 aromatic heterocycles. The van der Waals surface area contributed by atoms with Crippen LogP contribution in [0, 0.1) is 0 Å². The van der Waals surface area contributed by atoms with E-state index in [2.05, 4.69) is 26.1 Å². The smallest absolute Gasteiger partial charge is 0.305 e. The van der Waals surface area contributed by atoms with Crippen LogP contribution in [0.3, 0.4) is 0 Å². The highest BCUT2D eigenvalue weighted by Crippen LogP contribution is 2.25. The Morgan fingerprint density at radius 3 is 2.11 bits per heavy atom. The molecule has 0 aliphatic heterocycles. The van der Waals surface area contributed by atoms with Crippen molar-refractivity contribution < 1.29 is 14.7 Å². The second-order valence-electron chi connectivity index (χ2n) is 5.72. The van der Waals surface area contributed by atoms with E-state index >= 15 is 0 Å². The first-order valence-electron chi connectivity index (χ1n) is 6.29. The van der Waals surface area contributed by atoms with Gasteiger partial charge < -0.3 is 10.4 Å². The number of carboxylic acid groups (broad SMARTS) is 1. The summed E-state index contributed by atoms with van der Waals surface area (Å²) in [6, 6.07) is 7.23. The molecule has 0 unspecified atom stereocenters. The van der Waals surface area contributed by atoms with Gasteiger partial charge in [0, 0.05) is 6.92 Å². The van der Waals surface area contributed by atoms with E-state index in [1.54, 1.807) is 0 Å². The first kappa shape index (κ1) is 15.2. The molecule has 1 rings (SSSR count). The number of carboxylic acids is 1. The van der Waals surface area contributed by atoms with Crippen molar-refractivity contribution in [1.82, 2.24) is 5.32 Å². The maximum absolute atomic E-state index is 11.1. The quantitative estimate of drug-likeness (QED) is 0.877. The van der Waals surface area contributed by atoms with Gasteiger partial charge in [-0.1, -0.05) is 45.0 Å². The van der Waals surface area contributed by atoms with Crippen molar-refractivity contribution in [3.63, 3.8) is 0 Å². The van der Waals surface area contributed by atoms with Crippen molar-refractivity contribution in [2.45, 2.75) is 45.6 Å². The summed E-state index contributed by atoms with van der Waals surface area (Å²) in [7, 11) is 0. The number of rotatable bonds is 4. The molecular formula is C15H21NO3. The molecule has 0 aliphatic rings. The number of aliphatic carboxylic acids is 1. The Morgan fingerprint density at radius 2 is 1.74 bits per heavy atom. The normalized spacial score (nSPS) is 12.8. The average Bonchev–Trinajstić information content (AvgIpc) is 2.26. The summed E-state index contributed by atoms with van der Waals surface area (Å²) in [5.74, 6) is -1.16. The lowest BCUT2D eigenvalue weighted by molar-refractivity contribution is -0.137. The standard InChI is InChI=1S/C15H21NO3/c1-10(17)16-13(9-14(18)19)11-5-7-12(8-6-11)15(2,3)4/h5-8,13H,9H2,1-4H3,(H,16,17)(H,18,19)/t13-/m1/s1. The Labute approximate surface area is 113 Å². The van der Waals surface area contributed by atoms with Crippen LogP contribution in [0.15, 0.2) is 24.3 Å². The molecule has 1 amide bonds. The van der Waals surface area contributed by atoms with Gasteiger partial charge in [-0.25, -0.2) is 0 Å². The maximum atomic E-state index is 11.1. The summed E-state index contributed by atoms with van der Waals surface area (Å²) in [6.45, 7) is 7.73. The summed E-state index contributed by atoms with van der Waals surface area (Å²) < 4.78 is 0. The predicted octanol–water partition coefficient (Wildman–Crippen LogP) is 2.64. The molecular weight excluding hydrogens is 242 g/mol. The van der Waals surface area contributed by atoms with E-state index in [1.165, 1.54) is 12.5 Å². The Morgan fingerprint density at radius 1 is 1.21 bits per heavy atom. The van der Waals surface area contributed by atoms with E-state index in [4.69, 9.17) is 5.11 Å². The Balaban J connectivity index is 2.96. The summed E-state index contributed by atoms with van der Waals surface area (Å²) >= 11 is 0. The summed E-state index contributed by atoms with van der Waals surface area (Å²) in [5, 5.41) is 11.6. The van der Waals surface area contributed by atoms with Crippen LogP contribution in [0.1, 0.15) is 51.3 Å². The molecule has 2 N–H and O–H groups in total. The molecule has 0 heterocycles. The molecule has 1 atom stereocenters. The number of nitrogens with one attached hydrogen (secondary N) is 1. The molecule has 0 aliphatic carbocycles. The van der Waals surface area contributed by atoms with Crippen molar-refractivity contribution in [3.05, 3.63) is 35.4 Å². The van der Waals surface area contributed by atoms with Crippen molar-refractivity contribution in [2.75, 3.05) is 0 Å². The van der Waals surface area contributed by atoms with E-state index in [0.29, 0.717) is 0 Å². The van der Waals surface area contributed by atoms with Gasteiger partial charge >= 0.3 is 5.97 Å². The fraction of sp³-hybridized carbons (Fsp3) is 0.467. The van der Waals surface area contributed by atoms with Crippen LogP contribution in [0.2, 0.25) is 0 Å². The fourth-order valence-electron chi connectivity index (χ4n) is 1.89. The summed E-state index contributed by atoms with van der Waals surface area (Å²) in [6.07, 6.45) is -0.117. The molecule has 1 aromatic rings. The van der Waals surface area contributed by atoms with E-state index in [9.17, 15) is 9.59 Å². The van der Waals surface area contributed by atoms with Gasteiger partial charge in [-0.15, -0.1) is 0 Å². The summed E-state index contributed by atoms with van der Waals surface area (Å²) in [4.78, 5) is 22.0. The predicted molar refractivity (Wildman–Crippen MR) is 74.0 cm³/mol. The molecule has 0 radical (unpaired) electrons. The first-order chi connectivity index (χ1) is 8.70. The van der Waals surface area contributed by atoms with Crippen LogP contribution >= 0.6 is 0 Å². The largest absolute Gasteiger partial charge is 0.481 e. The van der Waals surface area contributed by atoms with Crippen LogP contribution in [0.25, 0.3) is 0 Å². The molecule has 0 saturated heterocycles. The van der Waals surface area contributed by atoms with Gasteiger partial charge in [-0.3, -0.25) is 9.59 Å². The van der Waals surface area contributed by atoms with E-state index in [0.717, 1.165) is 5.56 Å². The second-order valence-corrected chi connectivity index (χ2v) is 5.72. The lowest BCUT2D eigenvalue weighted by Crippen LogP contribution is -2.28. The molecule has 0 spiro atoms. The minimum Gasteiger partial charge on any atom is -0.481 e. The highest BCUT2D eigenvalue weighted by atomic mass is 16.4.